The van der Waals surface area contributed by atoms with Gasteiger partial charge in [-0.15, -0.1) is 0 Å². The molecule has 1 amide bonds. The van der Waals surface area contributed by atoms with Crippen molar-refractivity contribution in [1.29, 1.82) is 0 Å². The third kappa shape index (κ3) is 3.62. The van der Waals surface area contributed by atoms with E-state index in [0.29, 0.717) is 19.1 Å². The van der Waals surface area contributed by atoms with Crippen LogP contribution in [0, 0.1) is 5.82 Å². The van der Waals surface area contributed by atoms with Crippen molar-refractivity contribution in [1.82, 2.24) is 10.6 Å². The van der Waals surface area contributed by atoms with E-state index < -0.39 is 0 Å². The molecule has 0 aromatic heterocycles. The van der Waals surface area contributed by atoms with Crippen LogP contribution in [0.15, 0.2) is 24.3 Å². The van der Waals surface area contributed by atoms with E-state index in [1.165, 1.54) is 12.1 Å². The van der Waals surface area contributed by atoms with Gasteiger partial charge < -0.3 is 10.6 Å². The summed E-state index contributed by atoms with van der Waals surface area (Å²) in [6.07, 6.45) is 2.20. The fourth-order valence-corrected chi connectivity index (χ4v) is 1.43. The summed E-state index contributed by atoms with van der Waals surface area (Å²) in [5, 5.41) is 5.91. The largest absolute Gasteiger partial charge is 0.352 e. The lowest BCUT2D eigenvalue weighted by Gasteiger charge is -2.05. The summed E-state index contributed by atoms with van der Waals surface area (Å²) < 4.78 is 12.6. The Kier molecular flexibility index (Phi) is 3.51. The molecule has 0 heterocycles. The van der Waals surface area contributed by atoms with Crippen molar-refractivity contribution >= 4 is 5.91 Å². The number of hydrogen-bond donors (Lipinski definition) is 2. The van der Waals surface area contributed by atoms with Crippen molar-refractivity contribution in [3.63, 3.8) is 0 Å². The topological polar surface area (TPSA) is 41.1 Å². The van der Waals surface area contributed by atoms with E-state index in [1.807, 2.05) is 0 Å². The van der Waals surface area contributed by atoms with Gasteiger partial charge in [-0.25, -0.2) is 4.39 Å². The van der Waals surface area contributed by atoms with Gasteiger partial charge in [0.1, 0.15) is 5.82 Å². The van der Waals surface area contributed by atoms with Gasteiger partial charge >= 0.3 is 0 Å². The molecular formula is C12H15FN2O. The number of rotatable bonds is 5. The van der Waals surface area contributed by atoms with Gasteiger partial charge in [-0.3, -0.25) is 4.79 Å². The Morgan fingerprint density at radius 1 is 1.31 bits per heavy atom. The van der Waals surface area contributed by atoms with Crippen molar-refractivity contribution in [2.45, 2.75) is 25.4 Å². The second-order valence-corrected chi connectivity index (χ2v) is 4.07. The molecule has 1 fully saturated rings. The zero-order valence-electron chi connectivity index (χ0n) is 9.00. The molecule has 0 aliphatic heterocycles. The van der Waals surface area contributed by atoms with Crippen molar-refractivity contribution in [2.75, 3.05) is 6.54 Å². The van der Waals surface area contributed by atoms with Gasteiger partial charge in [-0.05, 0) is 30.5 Å². The van der Waals surface area contributed by atoms with Crippen LogP contribution in [0.2, 0.25) is 0 Å². The molecule has 0 unspecified atom stereocenters. The zero-order chi connectivity index (χ0) is 11.4. The zero-order valence-corrected chi connectivity index (χ0v) is 9.00. The monoisotopic (exact) mass is 222 g/mol. The van der Waals surface area contributed by atoms with E-state index in [4.69, 9.17) is 0 Å². The first-order valence-corrected chi connectivity index (χ1v) is 5.48. The van der Waals surface area contributed by atoms with Crippen LogP contribution in [-0.2, 0) is 11.3 Å². The van der Waals surface area contributed by atoms with Crippen molar-refractivity contribution in [3.05, 3.63) is 35.6 Å². The lowest BCUT2D eigenvalue weighted by Crippen LogP contribution is -2.34. The summed E-state index contributed by atoms with van der Waals surface area (Å²) in [5.41, 5.74) is 0.973. The summed E-state index contributed by atoms with van der Waals surface area (Å²) in [4.78, 5) is 11.3. The maximum Gasteiger partial charge on any atom is 0.234 e. The number of nitrogens with one attached hydrogen (secondary N) is 2. The van der Waals surface area contributed by atoms with Gasteiger partial charge in [0.05, 0.1) is 6.54 Å². The molecule has 1 aromatic rings. The molecule has 0 saturated heterocycles. The van der Waals surface area contributed by atoms with Crippen LogP contribution in [0.3, 0.4) is 0 Å². The fraction of sp³-hybridized carbons (Fsp3) is 0.417. The molecule has 1 aliphatic carbocycles. The molecule has 1 aromatic carbocycles. The van der Waals surface area contributed by atoms with Crippen LogP contribution >= 0.6 is 0 Å². The first-order valence-electron chi connectivity index (χ1n) is 5.48. The molecule has 86 valence electrons. The second kappa shape index (κ2) is 5.07. The molecule has 2 N–H and O–H groups in total. The Morgan fingerprint density at radius 2 is 2.00 bits per heavy atom. The van der Waals surface area contributed by atoms with Crippen LogP contribution in [0.5, 0.6) is 0 Å². The molecule has 0 radical (unpaired) electrons. The van der Waals surface area contributed by atoms with Gasteiger partial charge in [0, 0.05) is 12.6 Å². The number of hydrogen-bond acceptors (Lipinski definition) is 2. The van der Waals surface area contributed by atoms with E-state index in [0.717, 1.165) is 18.4 Å². The highest BCUT2D eigenvalue weighted by Crippen LogP contribution is 2.18. The molecule has 1 aliphatic rings. The Labute approximate surface area is 94.0 Å². The average molecular weight is 222 g/mol. The van der Waals surface area contributed by atoms with E-state index in [-0.39, 0.29) is 11.7 Å². The number of carbonyl (C=O) groups excluding carboxylic acids is 1. The normalized spacial score (nSPS) is 14.8. The lowest BCUT2D eigenvalue weighted by molar-refractivity contribution is -0.120. The number of carbonyl (C=O) groups is 1. The molecular weight excluding hydrogens is 207 g/mol. The molecule has 0 atom stereocenters. The van der Waals surface area contributed by atoms with Crippen molar-refractivity contribution < 1.29 is 9.18 Å². The van der Waals surface area contributed by atoms with E-state index in [2.05, 4.69) is 10.6 Å². The molecule has 1 saturated carbocycles. The summed E-state index contributed by atoms with van der Waals surface area (Å²) in [7, 11) is 0. The van der Waals surface area contributed by atoms with E-state index in [1.54, 1.807) is 12.1 Å². The van der Waals surface area contributed by atoms with Crippen LogP contribution in [0.25, 0.3) is 0 Å². The van der Waals surface area contributed by atoms with Crippen molar-refractivity contribution in [3.8, 4) is 0 Å². The van der Waals surface area contributed by atoms with E-state index in [9.17, 15) is 9.18 Å². The maximum absolute atomic E-state index is 12.6. The van der Waals surface area contributed by atoms with Crippen molar-refractivity contribution in [2.24, 2.45) is 0 Å². The molecule has 0 spiro atoms. The quantitative estimate of drug-likeness (QED) is 0.785. The Bertz CT molecular complexity index is 360. The minimum atomic E-state index is -0.241. The number of benzene rings is 1. The molecule has 3 nitrogen and oxygen atoms in total. The predicted molar refractivity (Wildman–Crippen MR) is 59.3 cm³/mol. The third-order valence-corrected chi connectivity index (χ3v) is 2.47. The second-order valence-electron chi connectivity index (χ2n) is 4.07. The smallest absolute Gasteiger partial charge is 0.234 e. The Morgan fingerprint density at radius 3 is 2.62 bits per heavy atom. The van der Waals surface area contributed by atoms with Gasteiger partial charge in [-0.2, -0.15) is 0 Å². The minimum absolute atomic E-state index is 0.0320. The van der Waals surface area contributed by atoms with Crippen LogP contribution < -0.4 is 10.6 Å². The number of halogens is 1. The van der Waals surface area contributed by atoms with Gasteiger partial charge in [0.25, 0.3) is 0 Å². The highest BCUT2D eigenvalue weighted by molar-refractivity contribution is 5.78. The highest BCUT2D eigenvalue weighted by atomic mass is 19.1. The molecule has 4 heteroatoms. The highest BCUT2D eigenvalue weighted by Gasteiger charge is 2.22. The number of amides is 1. The standard InChI is InChI=1S/C12H15FN2O/c13-10-3-1-9(2-4-10)7-14-8-12(16)15-11-5-6-11/h1-4,11,14H,5-8H2,(H,15,16). The maximum atomic E-state index is 12.6. The molecule has 0 bridgehead atoms. The third-order valence-electron chi connectivity index (χ3n) is 2.47. The average Bonchev–Trinajstić information content (AvgIpc) is 3.05. The SMILES string of the molecule is O=C(CNCc1ccc(F)cc1)NC1CC1. The molecule has 2 rings (SSSR count). The van der Waals surface area contributed by atoms with E-state index >= 15 is 0 Å². The Balaban J connectivity index is 1.66. The van der Waals surface area contributed by atoms with Crippen LogP contribution in [0.4, 0.5) is 4.39 Å². The predicted octanol–water partition coefficient (Wildman–Crippen LogP) is 1.19. The summed E-state index contributed by atoms with van der Waals surface area (Å²) in [5.74, 6) is -0.208. The fourth-order valence-electron chi connectivity index (χ4n) is 1.43. The first kappa shape index (κ1) is 11.1. The lowest BCUT2D eigenvalue weighted by atomic mass is 10.2. The Hall–Kier alpha value is -1.42. The van der Waals surface area contributed by atoms with Gasteiger partial charge in [0.2, 0.25) is 5.91 Å². The summed E-state index contributed by atoms with van der Waals surface area (Å²) in [6.45, 7) is 0.895. The molecule has 16 heavy (non-hydrogen) atoms. The summed E-state index contributed by atoms with van der Waals surface area (Å²) in [6, 6.07) is 6.66. The minimum Gasteiger partial charge on any atom is -0.352 e. The van der Waals surface area contributed by atoms with Crippen LogP contribution in [0.1, 0.15) is 18.4 Å². The van der Waals surface area contributed by atoms with Gasteiger partial charge in [0.15, 0.2) is 0 Å². The van der Waals surface area contributed by atoms with Crippen LogP contribution in [-0.4, -0.2) is 18.5 Å². The van der Waals surface area contributed by atoms with Gasteiger partial charge in [-0.1, -0.05) is 12.1 Å². The summed E-state index contributed by atoms with van der Waals surface area (Å²) >= 11 is 0. The first-order chi connectivity index (χ1) is 7.74.